The number of fused-ring (bicyclic) bond motifs is 1. The summed E-state index contributed by atoms with van der Waals surface area (Å²) >= 11 is 6.10. The lowest BCUT2D eigenvalue weighted by Crippen LogP contribution is -2.50. The number of hydrogen-bond acceptors (Lipinski definition) is 4. The van der Waals surface area contributed by atoms with Crippen LogP contribution in [0.3, 0.4) is 0 Å². The highest BCUT2D eigenvalue weighted by atomic mass is 35.5. The predicted molar refractivity (Wildman–Crippen MR) is 101 cm³/mol. The lowest BCUT2D eigenvalue weighted by Gasteiger charge is -2.40. The fourth-order valence-electron chi connectivity index (χ4n) is 3.75. The van der Waals surface area contributed by atoms with E-state index in [1.807, 2.05) is 18.2 Å². The Hall–Kier alpha value is -1.60. The summed E-state index contributed by atoms with van der Waals surface area (Å²) in [5.74, 6) is 0.940. The maximum atomic E-state index is 12.9. The Morgan fingerprint density at radius 1 is 0.962 bits per heavy atom. The van der Waals surface area contributed by atoms with Crippen molar-refractivity contribution in [2.75, 3.05) is 32.8 Å². The van der Waals surface area contributed by atoms with Gasteiger partial charge in [-0.15, -0.1) is 0 Å². The second-order valence-corrected chi connectivity index (χ2v) is 8.87. The Morgan fingerprint density at radius 3 is 2.42 bits per heavy atom. The van der Waals surface area contributed by atoms with Crippen LogP contribution in [0, 0.1) is 0 Å². The van der Waals surface area contributed by atoms with Crippen molar-refractivity contribution in [3.8, 4) is 5.75 Å². The predicted octanol–water partition coefficient (Wildman–Crippen LogP) is 3.17. The van der Waals surface area contributed by atoms with Crippen molar-refractivity contribution in [2.45, 2.75) is 17.4 Å². The zero-order valence-electron chi connectivity index (χ0n) is 14.3. The van der Waals surface area contributed by atoms with E-state index >= 15 is 0 Å². The first-order valence-corrected chi connectivity index (χ1v) is 10.6. The Kier molecular flexibility index (Phi) is 4.92. The van der Waals surface area contributed by atoms with E-state index in [1.165, 1.54) is 9.87 Å². The molecule has 1 unspecified atom stereocenters. The Labute approximate surface area is 159 Å². The van der Waals surface area contributed by atoms with E-state index < -0.39 is 10.0 Å². The molecule has 7 heteroatoms. The van der Waals surface area contributed by atoms with E-state index in [-0.39, 0.29) is 16.0 Å². The maximum Gasteiger partial charge on any atom is 0.244 e. The van der Waals surface area contributed by atoms with Gasteiger partial charge in [-0.2, -0.15) is 4.31 Å². The lowest BCUT2D eigenvalue weighted by molar-refractivity contribution is 0.103. The van der Waals surface area contributed by atoms with Gasteiger partial charge >= 0.3 is 0 Å². The van der Waals surface area contributed by atoms with Crippen LogP contribution in [0.25, 0.3) is 0 Å². The van der Waals surface area contributed by atoms with E-state index in [9.17, 15) is 8.42 Å². The Balaban J connectivity index is 1.49. The van der Waals surface area contributed by atoms with E-state index in [4.69, 9.17) is 16.3 Å². The minimum atomic E-state index is -3.56. The molecule has 0 aromatic heterocycles. The second-order valence-electron chi connectivity index (χ2n) is 6.56. The minimum Gasteiger partial charge on any atom is -0.493 e. The third kappa shape index (κ3) is 3.22. The number of halogens is 1. The van der Waals surface area contributed by atoms with E-state index in [1.54, 1.807) is 24.3 Å². The molecule has 0 spiro atoms. The Bertz CT molecular complexity index is 895. The number of rotatable bonds is 3. The van der Waals surface area contributed by atoms with Gasteiger partial charge in [-0.3, -0.25) is 4.90 Å². The van der Waals surface area contributed by atoms with Crippen LogP contribution < -0.4 is 4.74 Å². The summed E-state index contributed by atoms with van der Waals surface area (Å²) in [6.07, 6.45) is 0.925. The van der Waals surface area contributed by atoms with Gasteiger partial charge in [0.25, 0.3) is 0 Å². The highest BCUT2D eigenvalue weighted by Crippen LogP contribution is 2.36. The molecule has 0 N–H and O–H groups in total. The molecule has 26 heavy (non-hydrogen) atoms. The highest BCUT2D eigenvalue weighted by molar-refractivity contribution is 7.89. The van der Waals surface area contributed by atoms with E-state index in [2.05, 4.69) is 11.0 Å². The molecule has 1 saturated heterocycles. The number of piperazine rings is 1. The summed E-state index contributed by atoms with van der Waals surface area (Å²) < 4.78 is 33.1. The van der Waals surface area contributed by atoms with E-state index in [0.29, 0.717) is 32.8 Å². The number of para-hydroxylation sites is 1. The van der Waals surface area contributed by atoms with Crippen molar-refractivity contribution in [1.82, 2.24) is 9.21 Å². The molecule has 2 aliphatic rings. The first kappa shape index (κ1) is 17.8. The molecule has 138 valence electrons. The Morgan fingerprint density at radius 2 is 1.65 bits per heavy atom. The summed E-state index contributed by atoms with van der Waals surface area (Å²) in [7, 11) is -3.56. The van der Waals surface area contributed by atoms with Crippen LogP contribution in [0.15, 0.2) is 53.4 Å². The summed E-state index contributed by atoms with van der Waals surface area (Å²) in [6.45, 7) is 3.02. The molecular weight excluding hydrogens is 372 g/mol. The van der Waals surface area contributed by atoms with Gasteiger partial charge in [0, 0.05) is 44.2 Å². The lowest BCUT2D eigenvalue weighted by atomic mass is 9.98. The normalized spacial score (nSPS) is 21.8. The number of ether oxygens (including phenoxy) is 1. The summed E-state index contributed by atoms with van der Waals surface area (Å²) in [5.41, 5.74) is 1.20. The molecule has 5 nitrogen and oxygen atoms in total. The van der Waals surface area contributed by atoms with Gasteiger partial charge < -0.3 is 4.74 Å². The van der Waals surface area contributed by atoms with Gasteiger partial charge in [-0.05, 0) is 18.2 Å². The number of nitrogens with zero attached hydrogens (tertiary/aromatic N) is 2. The van der Waals surface area contributed by atoms with Crippen LogP contribution >= 0.6 is 11.6 Å². The number of hydrogen-bond donors (Lipinski definition) is 0. The quantitative estimate of drug-likeness (QED) is 0.805. The SMILES string of the molecule is O=S(=O)(c1ccccc1Cl)N1CCN(C2CCOc3ccccc32)CC1. The summed E-state index contributed by atoms with van der Waals surface area (Å²) in [4.78, 5) is 2.55. The number of benzene rings is 2. The standard InChI is InChI=1S/C19H21ClN2O3S/c20-16-6-2-4-8-19(16)26(23,24)22-12-10-21(11-13-22)17-9-14-25-18-7-3-1-5-15(17)18/h1-8,17H,9-14H2. The fraction of sp³-hybridized carbons (Fsp3) is 0.368. The minimum absolute atomic E-state index is 0.187. The molecule has 2 aromatic rings. The topological polar surface area (TPSA) is 49.9 Å². The molecule has 2 aliphatic heterocycles. The zero-order valence-corrected chi connectivity index (χ0v) is 15.9. The van der Waals surface area contributed by atoms with Crippen molar-refractivity contribution in [1.29, 1.82) is 0 Å². The van der Waals surface area contributed by atoms with Crippen molar-refractivity contribution >= 4 is 21.6 Å². The second kappa shape index (κ2) is 7.19. The number of sulfonamides is 1. The third-order valence-corrected chi connectivity index (χ3v) is 7.49. The molecule has 0 radical (unpaired) electrons. The van der Waals surface area contributed by atoms with Crippen molar-refractivity contribution < 1.29 is 13.2 Å². The van der Waals surface area contributed by atoms with Crippen LogP contribution in [0.2, 0.25) is 5.02 Å². The molecule has 0 aliphatic carbocycles. The van der Waals surface area contributed by atoms with E-state index in [0.717, 1.165) is 12.2 Å². The van der Waals surface area contributed by atoms with Crippen LogP contribution in [0.5, 0.6) is 5.75 Å². The van der Waals surface area contributed by atoms with Crippen molar-refractivity contribution in [2.24, 2.45) is 0 Å². The third-order valence-electron chi connectivity index (χ3n) is 5.10. The van der Waals surface area contributed by atoms with Crippen LogP contribution in [0.4, 0.5) is 0 Å². The summed E-state index contributed by atoms with van der Waals surface area (Å²) in [5, 5.41) is 0.272. The first-order valence-electron chi connectivity index (χ1n) is 8.78. The van der Waals surface area contributed by atoms with Crippen molar-refractivity contribution in [3.05, 3.63) is 59.1 Å². The van der Waals surface area contributed by atoms with Crippen LogP contribution in [0.1, 0.15) is 18.0 Å². The van der Waals surface area contributed by atoms with Crippen LogP contribution in [-0.2, 0) is 10.0 Å². The average molecular weight is 393 g/mol. The fourth-order valence-corrected chi connectivity index (χ4v) is 5.67. The van der Waals surface area contributed by atoms with Crippen LogP contribution in [-0.4, -0.2) is 50.4 Å². The van der Waals surface area contributed by atoms with Gasteiger partial charge in [0.15, 0.2) is 0 Å². The van der Waals surface area contributed by atoms with Gasteiger partial charge in [0.05, 0.1) is 11.6 Å². The van der Waals surface area contributed by atoms with Gasteiger partial charge in [-0.25, -0.2) is 8.42 Å². The molecule has 0 saturated carbocycles. The maximum absolute atomic E-state index is 12.9. The van der Waals surface area contributed by atoms with Gasteiger partial charge in [0.1, 0.15) is 10.6 Å². The largest absolute Gasteiger partial charge is 0.493 e. The zero-order chi connectivity index (χ0) is 18.1. The molecule has 2 heterocycles. The molecular formula is C19H21ClN2O3S. The molecule has 1 fully saturated rings. The first-order chi connectivity index (χ1) is 12.6. The van der Waals surface area contributed by atoms with Gasteiger partial charge in [-0.1, -0.05) is 41.9 Å². The molecule has 0 amide bonds. The van der Waals surface area contributed by atoms with Crippen molar-refractivity contribution in [3.63, 3.8) is 0 Å². The average Bonchev–Trinajstić information content (AvgIpc) is 2.68. The van der Waals surface area contributed by atoms with Gasteiger partial charge in [0.2, 0.25) is 10.0 Å². The monoisotopic (exact) mass is 392 g/mol. The molecule has 1 atom stereocenters. The molecule has 2 aromatic carbocycles. The molecule has 4 rings (SSSR count). The molecule has 0 bridgehead atoms. The smallest absolute Gasteiger partial charge is 0.244 e. The summed E-state index contributed by atoms with van der Waals surface area (Å²) in [6, 6.07) is 15.0. The highest BCUT2D eigenvalue weighted by Gasteiger charge is 2.34.